The van der Waals surface area contributed by atoms with E-state index in [0.717, 1.165) is 39.1 Å². The van der Waals surface area contributed by atoms with E-state index in [-0.39, 0.29) is 17.0 Å². The predicted molar refractivity (Wildman–Crippen MR) is 115 cm³/mol. The van der Waals surface area contributed by atoms with Crippen molar-refractivity contribution in [2.24, 2.45) is 5.41 Å². The van der Waals surface area contributed by atoms with Crippen LogP contribution in [0.5, 0.6) is 0 Å². The molecule has 142 valence electrons. The molecule has 2 aromatic carbocycles. The Balaban J connectivity index is 2.01. The van der Waals surface area contributed by atoms with Crippen LogP contribution in [0.4, 0.5) is 0 Å². The summed E-state index contributed by atoms with van der Waals surface area (Å²) in [6, 6.07) is 17.7. The summed E-state index contributed by atoms with van der Waals surface area (Å²) >= 11 is 3.55. The van der Waals surface area contributed by atoms with Crippen molar-refractivity contribution in [2.75, 3.05) is 0 Å². The van der Waals surface area contributed by atoms with Crippen LogP contribution in [0, 0.1) is 5.41 Å². The fourth-order valence-corrected chi connectivity index (χ4v) is 4.43. The van der Waals surface area contributed by atoms with Crippen molar-refractivity contribution in [1.29, 1.82) is 0 Å². The van der Waals surface area contributed by atoms with Crippen LogP contribution >= 0.6 is 15.9 Å². The van der Waals surface area contributed by atoms with Crippen molar-refractivity contribution < 1.29 is 9.59 Å². The highest BCUT2D eigenvalue weighted by atomic mass is 79.9. The largest absolute Gasteiger partial charge is 0.313 e. The average Bonchev–Trinajstić information content (AvgIpc) is 3.00. The number of aromatic nitrogens is 1. The van der Waals surface area contributed by atoms with Crippen LogP contribution in [-0.4, -0.2) is 16.1 Å². The SMILES string of the molecule is CC(=O)c1cccc(-n2c(-c3cccc(Br)c3)cc3c2CC(C)(C)CC3=O)c1. The fraction of sp³-hybridized carbons (Fsp3) is 0.250. The number of benzene rings is 2. The van der Waals surface area contributed by atoms with Gasteiger partial charge in [-0.05, 0) is 54.7 Å². The lowest BCUT2D eigenvalue weighted by molar-refractivity contribution is 0.0910. The zero-order valence-corrected chi connectivity index (χ0v) is 17.8. The zero-order valence-electron chi connectivity index (χ0n) is 16.3. The molecule has 0 amide bonds. The maximum Gasteiger partial charge on any atom is 0.165 e. The van der Waals surface area contributed by atoms with Crippen LogP contribution in [0.1, 0.15) is 53.6 Å². The Morgan fingerprint density at radius 2 is 1.79 bits per heavy atom. The number of fused-ring (bicyclic) bond motifs is 1. The topological polar surface area (TPSA) is 39.1 Å². The van der Waals surface area contributed by atoms with Gasteiger partial charge in [-0.15, -0.1) is 0 Å². The number of hydrogen-bond donors (Lipinski definition) is 0. The predicted octanol–water partition coefficient (Wildman–Crippen LogP) is 6.26. The smallest absolute Gasteiger partial charge is 0.165 e. The molecular weight excluding hydrogens is 414 g/mol. The Morgan fingerprint density at radius 1 is 1.04 bits per heavy atom. The highest BCUT2D eigenvalue weighted by Crippen LogP contribution is 2.40. The maximum absolute atomic E-state index is 12.9. The second kappa shape index (κ2) is 6.85. The minimum absolute atomic E-state index is 0.0308. The molecular formula is C24H22BrNO2. The van der Waals surface area contributed by atoms with Crippen LogP contribution in [0.3, 0.4) is 0 Å². The van der Waals surface area contributed by atoms with Gasteiger partial charge in [0.1, 0.15) is 0 Å². The van der Waals surface area contributed by atoms with Gasteiger partial charge >= 0.3 is 0 Å². The van der Waals surface area contributed by atoms with Crippen molar-refractivity contribution >= 4 is 27.5 Å². The van der Waals surface area contributed by atoms with Crippen molar-refractivity contribution in [3.63, 3.8) is 0 Å². The molecule has 0 aliphatic heterocycles. The van der Waals surface area contributed by atoms with Gasteiger partial charge in [-0.1, -0.05) is 54.0 Å². The third-order valence-corrected chi connectivity index (χ3v) is 5.81. The van der Waals surface area contributed by atoms with Gasteiger partial charge in [-0.3, -0.25) is 9.59 Å². The molecule has 0 N–H and O–H groups in total. The summed E-state index contributed by atoms with van der Waals surface area (Å²) in [7, 11) is 0. The second-order valence-corrected chi connectivity index (χ2v) is 9.20. The molecule has 0 fully saturated rings. The Bertz CT molecular complexity index is 1110. The van der Waals surface area contributed by atoms with Gasteiger partial charge < -0.3 is 4.57 Å². The van der Waals surface area contributed by atoms with Gasteiger partial charge in [0.25, 0.3) is 0 Å². The molecule has 1 aromatic heterocycles. The summed E-state index contributed by atoms with van der Waals surface area (Å²) < 4.78 is 3.14. The van der Waals surface area contributed by atoms with Crippen LogP contribution in [0.25, 0.3) is 16.9 Å². The van der Waals surface area contributed by atoms with Crippen molar-refractivity contribution in [1.82, 2.24) is 4.57 Å². The highest BCUT2D eigenvalue weighted by molar-refractivity contribution is 9.10. The summed E-state index contributed by atoms with van der Waals surface area (Å²) in [6.07, 6.45) is 1.36. The summed E-state index contributed by atoms with van der Waals surface area (Å²) in [5, 5.41) is 0. The monoisotopic (exact) mass is 435 g/mol. The zero-order chi connectivity index (χ0) is 20.1. The van der Waals surface area contributed by atoms with Crippen molar-refractivity contribution in [3.05, 3.63) is 75.9 Å². The average molecular weight is 436 g/mol. The van der Waals surface area contributed by atoms with Crippen LogP contribution in [-0.2, 0) is 6.42 Å². The number of carbonyl (C=O) groups is 2. The summed E-state index contributed by atoms with van der Waals surface area (Å²) in [6.45, 7) is 5.85. The number of carbonyl (C=O) groups excluding carboxylic acids is 2. The molecule has 3 aromatic rings. The van der Waals surface area contributed by atoms with E-state index in [1.54, 1.807) is 6.92 Å². The second-order valence-electron chi connectivity index (χ2n) is 8.28. The first-order valence-electron chi connectivity index (χ1n) is 9.40. The van der Waals surface area contributed by atoms with Gasteiger partial charge in [-0.2, -0.15) is 0 Å². The van der Waals surface area contributed by atoms with E-state index in [9.17, 15) is 9.59 Å². The number of halogens is 1. The van der Waals surface area contributed by atoms with E-state index in [1.165, 1.54) is 0 Å². The quantitative estimate of drug-likeness (QED) is 0.455. The summed E-state index contributed by atoms with van der Waals surface area (Å²) in [5.74, 6) is 0.215. The number of hydrogen-bond acceptors (Lipinski definition) is 2. The first-order valence-corrected chi connectivity index (χ1v) is 10.2. The molecule has 0 bridgehead atoms. The molecule has 28 heavy (non-hydrogen) atoms. The molecule has 1 aliphatic rings. The molecule has 0 saturated heterocycles. The van der Waals surface area contributed by atoms with E-state index in [1.807, 2.05) is 48.5 Å². The van der Waals surface area contributed by atoms with E-state index >= 15 is 0 Å². The van der Waals surface area contributed by atoms with Gasteiger partial charge in [0.05, 0.1) is 5.69 Å². The fourth-order valence-electron chi connectivity index (χ4n) is 4.03. The summed E-state index contributed by atoms with van der Waals surface area (Å²) in [5.41, 5.74) is 5.31. The highest BCUT2D eigenvalue weighted by Gasteiger charge is 2.35. The Kier molecular flexibility index (Phi) is 4.62. The Morgan fingerprint density at radius 3 is 2.50 bits per heavy atom. The standard InChI is InChI=1S/C24H22BrNO2/c1-15(27)16-6-5-9-19(11-16)26-21(17-7-4-8-18(25)10-17)12-20-22(26)13-24(2,3)14-23(20)28/h4-12H,13-14H2,1-3H3. The van der Waals surface area contributed by atoms with Gasteiger partial charge in [0, 0.05) is 33.4 Å². The van der Waals surface area contributed by atoms with Gasteiger partial charge in [0.15, 0.2) is 11.6 Å². The molecule has 0 spiro atoms. The van der Waals surface area contributed by atoms with Crippen LogP contribution < -0.4 is 0 Å². The minimum Gasteiger partial charge on any atom is -0.313 e. The van der Waals surface area contributed by atoms with E-state index < -0.39 is 0 Å². The molecule has 0 radical (unpaired) electrons. The number of ketones is 2. The normalized spacial score (nSPS) is 15.4. The van der Waals surface area contributed by atoms with Crippen molar-refractivity contribution in [3.8, 4) is 16.9 Å². The Hall–Kier alpha value is -2.46. The number of Topliss-reactive ketones (excluding diaryl/α,β-unsaturated/α-hetero) is 2. The van der Waals surface area contributed by atoms with Gasteiger partial charge in [0.2, 0.25) is 0 Å². The molecule has 3 nitrogen and oxygen atoms in total. The lowest BCUT2D eigenvalue weighted by atomic mass is 9.76. The van der Waals surface area contributed by atoms with Crippen LogP contribution in [0.15, 0.2) is 59.1 Å². The molecule has 4 heteroatoms. The molecule has 0 unspecified atom stereocenters. The number of rotatable bonds is 3. The first kappa shape index (κ1) is 18.9. The molecule has 4 rings (SSSR count). The lowest BCUT2D eigenvalue weighted by Crippen LogP contribution is -2.27. The molecule has 0 saturated carbocycles. The van der Waals surface area contributed by atoms with E-state index in [0.29, 0.717) is 12.0 Å². The minimum atomic E-state index is -0.0904. The Labute approximate surface area is 173 Å². The van der Waals surface area contributed by atoms with E-state index in [4.69, 9.17) is 0 Å². The third-order valence-electron chi connectivity index (χ3n) is 5.32. The number of nitrogens with zero attached hydrogens (tertiary/aromatic N) is 1. The van der Waals surface area contributed by atoms with Crippen LogP contribution in [0.2, 0.25) is 0 Å². The lowest BCUT2D eigenvalue weighted by Gasteiger charge is -2.30. The molecule has 1 aliphatic carbocycles. The molecule has 1 heterocycles. The maximum atomic E-state index is 12.9. The van der Waals surface area contributed by atoms with E-state index in [2.05, 4.69) is 40.4 Å². The van der Waals surface area contributed by atoms with Crippen molar-refractivity contribution in [2.45, 2.75) is 33.6 Å². The first-order chi connectivity index (χ1) is 13.2. The summed E-state index contributed by atoms with van der Waals surface area (Å²) in [4.78, 5) is 24.8. The third kappa shape index (κ3) is 3.37. The molecule has 0 atom stereocenters. The van der Waals surface area contributed by atoms with Gasteiger partial charge in [-0.25, -0.2) is 0 Å².